The van der Waals surface area contributed by atoms with E-state index in [1.807, 2.05) is 36.4 Å². The molecule has 0 bridgehead atoms. The van der Waals surface area contributed by atoms with Crippen molar-refractivity contribution in [1.82, 2.24) is 9.80 Å². The molecule has 4 amide bonds. The summed E-state index contributed by atoms with van der Waals surface area (Å²) in [5.41, 5.74) is 1.72. The van der Waals surface area contributed by atoms with Crippen LogP contribution in [0.4, 0.5) is 4.79 Å². The third-order valence-electron chi connectivity index (χ3n) is 3.21. The number of imide groups is 2. The van der Waals surface area contributed by atoms with Crippen molar-refractivity contribution in [2.45, 2.75) is 6.92 Å². The molecule has 0 saturated carbocycles. The van der Waals surface area contributed by atoms with Crippen LogP contribution in [0.15, 0.2) is 47.6 Å². The first-order valence-corrected chi connectivity index (χ1v) is 6.47. The minimum Gasteiger partial charge on any atom is -0.268 e. The maximum Gasteiger partial charge on any atom is 0.333 e. The zero-order chi connectivity index (χ0) is 15.6. The fourth-order valence-electron chi connectivity index (χ4n) is 2.06. The van der Waals surface area contributed by atoms with Gasteiger partial charge >= 0.3 is 6.03 Å². The molecule has 1 aliphatic heterocycles. The quantitative estimate of drug-likeness (QED) is 0.617. The SMILES string of the molecule is CC(=Cc1ccccc1)C=C1C(=O)N(C)C(=O)N(C)C1=O. The normalized spacial score (nSPS) is 16.6. The summed E-state index contributed by atoms with van der Waals surface area (Å²) < 4.78 is 0. The van der Waals surface area contributed by atoms with Gasteiger partial charge in [0.2, 0.25) is 0 Å². The van der Waals surface area contributed by atoms with E-state index in [4.69, 9.17) is 0 Å². The molecule has 0 aromatic heterocycles. The predicted octanol–water partition coefficient (Wildman–Crippen LogP) is 2.07. The summed E-state index contributed by atoms with van der Waals surface area (Å²) in [6, 6.07) is 8.95. The van der Waals surface area contributed by atoms with Crippen LogP contribution in [0.5, 0.6) is 0 Å². The third-order valence-corrected chi connectivity index (χ3v) is 3.21. The summed E-state index contributed by atoms with van der Waals surface area (Å²) in [5, 5.41) is 0. The molecule has 0 unspecified atom stereocenters. The molecule has 1 saturated heterocycles. The van der Waals surface area contributed by atoms with Crippen molar-refractivity contribution < 1.29 is 14.4 Å². The summed E-state index contributed by atoms with van der Waals surface area (Å²) in [7, 11) is 2.72. The molecule has 1 heterocycles. The molecule has 1 aromatic carbocycles. The molecule has 0 atom stereocenters. The van der Waals surface area contributed by atoms with Crippen LogP contribution in [0.1, 0.15) is 12.5 Å². The van der Waals surface area contributed by atoms with Gasteiger partial charge in [0.25, 0.3) is 11.8 Å². The first-order valence-electron chi connectivity index (χ1n) is 6.47. The smallest absolute Gasteiger partial charge is 0.268 e. The van der Waals surface area contributed by atoms with E-state index >= 15 is 0 Å². The first kappa shape index (κ1) is 14.7. The van der Waals surface area contributed by atoms with Crippen molar-refractivity contribution in [2.75, 3.05) is 14.1 Å². The number of rotatable bonds is 2. The molecule has 1 aromatic rings. The Hall–Kier alpha value is -2.69. The highest BCUT2D eigenvalue weighted by atomic mass is 16.2. The largest absolute Gasteiger partial charge is 0.333 e. The van der Waals surface area contributed by atoms with E-state index in [-0.39, 0.29) is 5.57 Å². The van der Waals surface area contributed by atoms with Crippen LogP contribution in [0.2, 0.25) is 0 Å². The molecular weight excluding hydrogens is 268 g/mol. The minimum absolute atomic E-state index is 0.00992. The standard InChI is InChI=1S/C16H16N2O3/c1-11(9-12-7-5-4-6-8-12)10-13-14(19)17(2)16(21)18(3)15(13)20/h4-10H,1-3H3. The van der Waals surface area contributed by atoms with Crippen LogP contribution in [-0.2, 0) is 9.59 Å². The van der Waals surface area contributed by atoms with Gasteiger partial charge in [-0.2, -0.15) is 0 Å². The number of barbiturate groups is 1. The van der Waals surface area contributed by atoms with Crippen molar-refractivity contribution >= 4 is 23.9 Å². The number of carbonyl (C=O) groups is 3. The molecule has 0 N–H and O–H groups in total. The van der Waals surface area contributed by atoms with Gasteiger partial charge in [0, 0.05) is 14.1 Å². The second-order valence-corrected chi connectivity index (χ2v) is 4.87. The average molecular weight is 284 g/mol. The maximum absolute atomic E-state index is 12.0. The number of benzene rings is 1. The summed E-state index contributed by atoms with van der Waals surface area (Å²) in [6.07, 6.45) is 3.38. The summed E-state index contributed by atoms with van der Waals surface area (Å²) in [6.45, 7) is 1.80. The Labute approximate surface area is 123 Å². The van der Waals surface area contributed by atoms with E-state index in [1.165, 1.54) is 20.2 Å². The van der Waals surface area contributed by atoms with Crippen LogP contribution < -0.4 is 0 Å². The van der Waals surface area contributed by atoms with Gasteiger partial charge in [-0.05, 0) is 24.1 Å². The monoisotopic (exact) mass is 284 g/mol. The Morgan fingerprint density at radius 1 is 0.952 bits per heavy atom. The van der Waals surface area contributed by atoms with E-state index in [2.05, 4.69) is 0 Å². The zero-order valence-corrected chi connectivity index (χ0v) is 12.2. The van der Waals surface area contributed by atoms with Crippen molar-refractivity contribution in [3.63, 3.8) is 0 Å². The van der Waals surface area contributed by atoms with E-state index in [0.29, 0.717) is 0 Å². The summed E-state index contributed by atoms with van der Waals surface area (Å²) in [5.74, 6) is -1.16. The summed E-state index contributed by atoms with van der Waals surface area (Å²) >= 11 is 0. The van der Waals surface area contributed by atoms with Crippen LogP contribution in [-0.4, -0.2) is 41.7 Å². The van der Waals surface area contributed by atoms with Crippen LogP contribution >= 0.6 is 0 Å². The van der Waals surface area contributed by atoms with Gasteiger partial charge in [0.1, 0.15) is 5.57 Å². The number of allylic oxidation sites excluding steroid dienone is 2. The van der Waals surface area contributed by atoms with Gasteiger partial charge in [-0.1, -0.05) is 36.4 Å². The van der Waals surface area contributed by atoms with Gasteiger partial charge in [-0.3, -0.25) is 19.4 Å². The Morgan fingerprint density at radius 2 is 1.48 bits per heavy atom. The highest BCUT2D eigenvalue weighted by Gasteiger charge is 2.37. The Bertz CT molecular complexity index is 633. The van der Waals surface area contributed by atoms with E-state index < -0.39 is 17.8 Å². The van der Waals surface area contributed by atoms with Gasteiger partial charge in [-0.15, -0.1) is 0 Å². The fraction of sp³-hybridized carbons (Fsp3) is 0.188. The topological polar surface area (TPSA) is 57.7 Å². The molecule has 0 aliphatic carbocycles. The van der Waals surface area contributed by atoms with E-state index in [0.717, 1.165) is 20.9 Å². The molecule has 21 heavy (non-hydrogen) atoms. The van der Waals surface area contributed by atoms with Crippen molar-refractivity contribution in [2.24, 2.45) is 0 Å². The minimum atomic E-state index is -0.619. The van der Waals surface area contributed by atoms with E-state index in [9.17, 15) is 14.4 Å². The first-order chi connectivity index (χ1) is 9.91. The lowest BCUT2D eigenvalue weighted by molar-refractivity contribution is -0.134. The third kappa shape index (κ3) is 2.91. The fourth-order valence-corrected chi connectivity index (χ4v) is 2.06. The molecule has 0 radical (unpaired) electrons. The predicted molar refractivity (Wildman–Crippen MR) is 79.1 cm³/mol. The van der Waals surface area contributed by atoms with Gasteiger partial charge in [-0.25, -0.2) is 4.79 Å². The Balaban J connectivity index is 2.35. The lowest BCUT2D eigenvalue weighted by atomic mass is 10.1. The van der Waals surface area contributed by atoms with Crippen LogP contribution in [0.3, 0.4) is 0 Å². The molecule has 5 nitrogen and oxygen atoms in total. The number of carbonyl (C=O) groups excluding carboxylic acids is 3. The van der Waals surface area contributed by atoms with Crippen molar-refractivity contribution in [1.29, 1.82) is 0 Å². The second-order valence-electron chi connectivity index (χ2n) is 4.87. The highest BCUT2D eigenvalue weighted by Crippen LogP contribution is 2.17. The molecule has 108 valence electrons. The van der Waals surface area contributed by atoms with Crippen molar-refractivity contribution in [3.05, 3.63) is 53.1 Å². The van der Waals surface area contributed by atoms with Gasteiger partial charge in [0.15, 0.2) is 0 Å². The van der Waals surface area contributed by atoms with Gasteiger partial charge in [0.05, 0.1) is 0 Å². The van der Waals surface area contributed by atoms with Crippen LogP contribution in [0, 0.1) is 0 Å². The molecular formula is C16H16N2O3. The number of hydrogen-bond acceptors (Lipinski definition) is 3. The molecule has 0 spiro atoms. The zero-order valence-electron chi connectivity index (χ0n) is 12.2. The number of likely N-dealkylation sites (N-methyl/N-ethyl adjacent to an activating group) is 2. The molecule has 1 aliphatic rings. The van der Waals surface area contributed by atoms with Crippen molar-refractivity contribution in [3.8, 4) is 0 Å². The maximum atomic E-state index is 12.0. The number of urea groups is 1. The Morgan fingerprint density at radius 3 is 2.00 bits per heavy atom. The number of amides is 4. The number of nitrogens with zero attached hydrogens (tertiary/aromatic N) is 2. The second kappa shape index (κ2) is 5.75. The Kier molecular flexibility index (Phi) is 4.03. The lowest BCUT2D eigenvalue weighted by Gasteiger charge is -2.28. The molecule has 2 rings (SSSR count). The number of hydrogen-bond donors (Lipinski definition) is 0. The highest BCUT2D eigenvalue weighted by molar-refractivity contribution is 6.28. The van der Waals surface area contributed by atoms with E-state index in [1.54, 1.807) is 6.92 Å². The lowest BCUT2D eigenvalue weighted by Crippen LogP contribution is -2.53. The summed E-state index contributed by atoms with van der Waals surface area (Å²) in [4.78, 5) is 37.6. The molecule has 5 heteroatoms. The van der Waals surface area contributed by atoms with Crippen LogP contribution in [0.25, 0.3) is 6.08 Å². The average Bonchev–Trinajstić information content (AvgIpc) is 2.48. The van der Waals surface area contributed by atoms with Gasteiger partial charge < -0.3 is 0 Å². The molecule has 1 fully saturated rings.